The number of nitrogens with one attached hydrogen (secondary N) is 2. The number of nitrogens with zero attached hydrogens (tertiary/aromatic N) is 5. The molecule has 0 bridgehead atoms. The van der Waals surface area contributed by atoms with Crippen LogP contribution in [-0.4, -0.2) is 79.6 Å². The number of piperidine rings is 1. The van der Waals surface area contributed by atoms with E-state index in [2.05, 4.69) is 32.5 Å². The number of ether oxygens (including phenoxy) is 1. The normalized spacial score (nSPS) is 21.1. The van der Waals surface area contributed by atoms with Crippen molar-refractivity contribution in [1.29, 1.82) is 0 Å². The maximum Gasteiger partial charge on any atom is 0.251 e. The van der Waals surface area contributed by atoms with Crippen LogP contribution in [0.3, 0.4) is 0 Å². The minimum atomic E-state index is -0.116. The highest BCUT2D eigenvalue weighted by atomic mass is 16.5. The van der Waals surface area contributed by atoms with Crippen molar-refractivity contribution in [3.8, 4) is 5.75 Å². The van der Waals surface area contributed by atoms with Crippen LogP contribution in [0.5, 0.6) is 5.75 Å². The van der Waals surface area contributed by atoms with Crippen molar-refractivity contribution in [3.05, 3.63) is 30.0 Å². The molecule has 2 aromatic rings. The summed E-state index contributed by atoms with van der Waals surface area (Å²) >= 11 is 0. The Morgan fingerprint density at radius 2 is 1.89 bits per heavy atom. The number of methoxy groups -OCH3 is 1. The minimum absolute atomic E-state index is 0.0690. The Balaban J connectivity index is 1.35. The van der Waals surface area contributed by atoms with Gasteiger partial charge in [0.25, 0.3) is 5.91 Å². The van der Waals surface area contributed by atoms with E-state index in [-0.39, 0.29) is 23.8 Å². The molecule has 1 aliphatic carbocycles. The Hall–Kier alpha value is -3.40. The van der Waals surface area contributed by atoms with Crippen LogP contribution in [0.4, 0.5) is 23.1 Å². The van der Waals surface area contributed by atoms with Gasteiger partial charge < -0.3 is 30.1 Å². The van der Waals surface area contributed by atoms with Gasteiger partial charge in [-0.2, -0.15) is 4.98 Å². The summed E-state index contributed by atoms with van der Waals surface area (Å²) in [5.41, 5.74) is 1.93. The summed E-state index contributed by atoms with van der Waals surface area (Å²) < 4.78 is 5.59. The third kappa shape index (κ3) is 4.95. The van der Waals surface area contributed by atoms with Crippen LogP contribution in [0.25, 0.3) is 0 Å². The molecule has 2 amide bonds. The first kappa shape index (κ1) is 24.3. The smallest absolute Gasteiger partial charge is 0.251 e. The van der Waals surface area contributed by atoms with Gasteiger partial charge in [0, 0.05) is 31.2 Å². The van der Waals surface area contributed by atoms with Gasteiger partial charge in [0.1, 0.15) is 11.4 Å². The fourth-order valence-corrected chi connectivity index (χ4v) is 4.97. The van der Waals surface area contributed by atoms with Crippen molar-refractivity contribution in [2.75, 3.05) is 56.0 Å². The first-order valence-electron chi connectivity index (χ1n) is 12.7. The molecule has 3 aliphatic rings. The number of benzene rings is 1. The first-order chi connectivity index (χ1) is 17.3. The minimum Gasteiger partial charge on any atom is -0.495 e. The number of hydrogen-bond acceptors (Lipinski definition) is 8. The second-order valence-electron chi connectivity index (χ2n) is 10.2. The third-order valence-corrected chi connectivity index (χ3v) is 7.36. The second kappa shape index (κ2) is 9.93. The quantitative estimate of drug-likeness (QED) is 0.633. The molecule has 192 valence electrons. The van der Waals surface area contributed by atoms with Crippen molar-refractivity contribution >= 4 is 35.0 Å². The highest BCUT2D eigenvalue weighted by Crippen LogP contribution is 2.39. The summed E-state index contributed by atoms with van der Waals surface area (Å²) in [5, 5.41) is 6.39. The maximum atomic E-state index is 12.9. The lowest BCUT2D eigenvalue weighted by Gasteiger charge is -2.29. The van der Waals surface area contributed by atoms with E-state index < -0.39 is 0 Å². The van der Waals surface area contributed by atoms with Gasteiger partial charge in [-0.1, -0.05) is 6.92 Å². The molecule has 2 fully saturated rings. The molecule has 5 rings (SSSR count). The SMILES string of the molecule is COc1cc(C(=O)NC2CCN(C)CC2)ccc1Nc1ncc2c(n1)N(C1CC1)CC(C)C(=O)N2C. The molecule has 10 nitrogen and oxygen atoms in total. The fourth-order valence-electron chi connectivity index (χ4n) is 4.97. The number of anilines is 4. The van der Waals surface area contributed by atoms with E-state index in [9.17, 15) is 9.59 Å². The van der Waals surface area contributed by atoms with Gasteiger partial charge in [-0.3, -0.25) is 9.59 Å². The largest absolute Gasteiger partial charge is 0.495 e. The second-order valence-corrected chi connectivity index (χ2v) is 10.2. The number of likely N-dealkylation sites (tertiary alicyclic amines) is 1. The van der Waals surface area contributed by atoms with Crippen molar-refractivity contribution in [1.82, 2.24) is 20.2 Å². The van der Waals surface area contributed by atoms with Gasteiger partial charge in [-0.15, -0.1) is 0 Å². The standard InChI is InChI=1S/C26H35N7O3/c1-16-15-33(19-6-7-19)23-21(32(3)25(16)35)14-27-26(30-23)29-20-8-5-17(13-22(20)36-4)24(34)28-18-9-11-31(2)12-10-18/h5,8,13-14,16,18-19H,6-7,9-12,15H2,1-4H3,(H,28,34)(H,27,29,30). The van der Waals surface area contributed by atoms with Crippen molar-refractivity contribution in [3.63, 3.8) is 0 Å². The zero-order chi connectivity index (χ0) is 25.4. The predicted molar refractivity (Wildman–Crippen MR) is 139 cm³/mol. The number of hydrogen-bond donors (Lipinski definition) is 2. The molecule has 1 saturated heterocycles. The molecule has 36 heavy (non-hydrogen) atoms. The summed E-state index contributed by atoms with van der Waals surface area (Å²) in [6, 6.07) is 5.93. The molecular formula is C26H35N7O3. The summed E-state index contributed by atoms with van der Waals surface area (Å²) in [4.78, 5) is 41.1. The number of carbonyl (C=O) groups excluding carboxylic acids is 2. The van der Waals surface area contributed by atoms with E-state index in [1.807, 2.05) is 13.0 Å². The summed E-state index contributed by atoms with van der Waals surface area (Å²) in [7, 11) is 5.46. The molecule has 1 atom stereocenters. The van der Waals surface area contributed by atoms with Crippen molar-refractivity contribution < 1.29 is 14.3 Å². The van der Waals surface area contributed by atoms with E-state index in [4.69, 9.17) is 9.72 Å². The average molecular weight is 494 g/mol. The molecule has 2 aliphatic heterocycles. The number of fused-ring (bicyclic) bond motifs is 1. The van der Waals surface area contributed by atoms with Gasteiger partial charge >= 0.3 is 0 Å². The van der Waals surface area contributed by atoms with Crippen LogP contribution >= 0.6 is 0 Å². The van der Waals surface area contributed by atoms with Crippen LogP contribution in [0, 0.1) is 5.92 Å². The molecule has 2 N–H and O–H groups in total. The van der Waals surface area contributed by atoms with Gasteiger partial charge in [0.15, 0.2) is 5.82 Å². The van der Waals surface area contributed by atoms with Gasteiger partial charge in [-0.05, 0) is 64.0 Å². The Kier molecular flexibility index (Phi) is 6.70. The lowest BCUT2D eigenvalue weighted by molar-refractivity contribution is -0.121. The Morgan fingerprint density at radius 3 is 2.58 bits per heavy atom. The zero-order valence-corrected chi connectivity index (χ0v) is 21.5. The summed E-state index contributed by atoms with van der Waals surface area (Å²) in [6.07, 6.45) is 5.81. The molecule has 10 heteroatoms. The van der Waals surface area contributed by atoms with Gasteiger partial charge in [0.2, 0.25) is 11.9 Å². The molecule has 3 heterocycles. The number of amides is 2. The van der Waals surface area contributed by atoms with Crippen LogP contribution in [0.15, 0.2) is 24.4 Å². The van der Waals surface area contributed by atoms with Crippen molar-refractivity contribution in [2.24, 2.45) is 5.92 Å². The molecule has 1 aromatic heterocycles. The number of rotatable bonds is 6. The molecule has 0 spiro atoms. The number of aromatic nitrogens is 2. The predicted octanol–water partition coefficient (Wildman–Crippen LogP) is 2.63. The Labute approximate surface area is 212 Å². The van der Waals surface area contributed by atoms with E-state index in [0.29, 0.717) is 35.5 Å². The van der Waals surface area contributed by atoms with E-state index in [1.165, 1.54) is 0 Å². The topological polar surface area (TPSA) is 103 Å². The lowest BCUT2D eigenvalue weighted by atomic mass is 10.0. The molecular weight excluding hydrogens is 458 g/mol. The molecule has 1 aromatic carbocycles. The zero-order valence-electron chi connectivity index (χ0n) is 21.5. The average Bonchev–Trinajstić information content (AvgIpc) is 3.73. The van der Waals surface area contributed by atoms with E-state index in [0.717, 1.165) is 50.3 Å². The van der Waals surface area contributed by atoms with Crippen LogP contribution < -0.4 is 25.2 Å². The summed E-state index contributed by atoms with van der Waals surface area (Å²) in [5.74, 6) is 1.57. The van der Waals surface area contributed by atoms with E-state index in [1.54, 1.807) is 37.4 Å². The van der Waals surface area contributed by atoms with Crippen LogP contribution in [0.1, 0.15) is 43.0 Å². The van der Waals surface area contributed by atoms with Crippen molar-refractivity contribution in [2.45, 2.75) is 44.7 Å². The van der Waals surface area contributed by atoms with Crippen LogP contribution in [-0.2, 0) is 4.79 Å². The lowest BCUT2D eigenvalue weighted by Crippen LogP contribution is -2.43. The van der Waals surface area contributed by atoms with Crippen LogP contribution in [0.2, 0.25) is 0 Å². The Bertz CT molecular complexity index is 1140. The van der Waals surface area contributed by atoms with Gasteiger partial charge in [-0.25, -0.2) is 4.98 Å². The molecule has 0 radical (unpaired) electrons. The maximum absolute atomic E-state index is 12.9. The fraction of sp³-hybridized carbons (Fsp3) is 0.538. The first-order valence-corrected chi connectivity index (χ1v) is 12.7. The number of carbonyl (C=O) groups is 2. The van der Waals surface area contributed by atoms with E-state index >= 15 is 0 Å². The highest BCUT2D eigenvalue weighted by molar-refractivity contribution is 5.99. The molecule has 1 saturated carbocycles. The third-order valence-electron chi connectivity index (χ3n) is 7.36. The summed E-state index contributed by atoms with van der Waals surface area (Å²) in [6.45, 7) is 4.57. The monoisotopic (exact) mass is 493 g/mol. The Morgan fingerprint density at radius 1 is 1.14 bits per heavy atom. The molecule has 1 unspecified atom stereocenters. The highest BCUT2D eigenvalue weighted by Gasteiger charge is 2.38. The van der Waals surface area contributed by atoms with Gasteiger partial charge in [0.05, 0.1) is 24.9 Å².